The van der Waals surface area contributed by atoms with Gasteiger partial charge in [-0.3, -0.25) is 0 Å². The lowest BCUT2D eigenvalue weighted by Gasteiger charge is -2.16. The molecule has 0 fully saturated rings. The zero-order chi connectivity index (χ0) is 24.5. The Labute approximate surface area is 193 Å². The monoisotopic (exact) mass is 467 g/mol. The molecule has 0 aliphatic heterocycles. The van der Waals surface area contributed by atoms with Crippen molar-refractivity contribution in [2.75, 3.05) is 12.4 Å². The zero-order valence-corrected chi connectivity index (χ0v) is 18.2. The molecule has 174 valence electrons. The number of aromatic nitrogens is 2. The van der Waals surface area contributed by atoms with Gasteiger partial charge in [-0.05, 0) is 42.3 Å². The topological polar surface area (TPSA) is 76.4 Å². The van der Waals surface area contributed by atoms with Crippen LogP contribution in [0.15, 0.2) is 72.8 Å². The van der Waals surface area contributed by atoms with Crippen LogP contribution in [0, 0.1) is 6.92 Å². The summed E-state index contributed by atoms with van der Waals surface area (Å²) in [5.74, 6) is -0.976. The first-order valence-electron chi connectivity index (χ1n) is 10.2. The summed E-state index contributed by atoms with van der Waals surface area (Å²) in [6.45, 7) is 1.76. The number of carboxylic acids is 1. The summed E-state index contributed by atoms with van der Waals surface area (Å²) >= 11 is 0. The predicted octanol–water partition coefficient (Wildman–Crippen LogP) is 6.32. The van der Waals surface area contributed by atoms with Crippen LogP contribution in [-0.2, 0) is 6.18 Å². The van der Waals surface area contributed by atoms with Gasteiger partial charge in [0.1, 0.15) is 11.6 Å². The number of hydrogen-bond acceptors (Lipinski definition) is 4. The number of anilines is 2. The van der Waals surface area contributed by atoms with Gasteiger partial charge in [0.05, 0.1) is 29.6 Å². The maximum Gasteiger partial charge on any atom is 0.435 e. The number of nitrogens with one attached hydrogen (secondary N) is 1. The second-order valence-corrected chi connectivity index (χ2v) is 7.48. The lowest BCUT2D eigenvalue weighted by Crippen LogP contribution is -2.09. The number of ether oxygens (including phenoxy) is 1. The Morgan fingerprint density at radius 2 is 1.71 bits per heavy atom. The third-order valence-electron chi connectivity index (χ3n) is 5.27. The van der Waals surface area contributed by atoms with E-state index in [-0.39, 0.29) is 28.2 Å². The molecule has 0 radical (unpaired) electrons. The molecule has 34 heavy (non-hydrogen) atoms. The Morgan fingerprint density at radius 3 is 2.32 bits per heavy atom. The van der Waals surface area contributed by atoms with Gasteiger partial charge in [0, 0.05) is 0 Å². The molecule has 6 nitrogen and oxygen atoms in total. The fourth-order valence-electron chi connectivity index (χ4n) is 3.65. The maximum absolute atomic E-state index is 14.2. The summed E-state index contributed by atoms with van der Waals surface area (Å²) < 4.78 is 48.8. The molecule has 0 aliphatic carbocycles. The normalized spacial score (nSPS) is 11.3. The number of benzene rings is 3. The number of carboxylic acid groups (broad SMARTS) is 1. The Bertz CT molecular complexity index is 1350. The molecule has 0 amide bonds. The average molecular weight is 467 g/mol. The number of halogens is 3. The third-order valence-corrected chi connectivity index (χ3v) is 5.27. The van der Waals surface area contributed by atoms with Gasteiger partial charge in [-0.2, -0.15) is 18.3 Å². The number of rotatable bonds is 6. The minimum atomic E-state index is -4.76. The van der Waals surface area contributed by atoms with Crippen molar-refractivity contribution in [2.24, 2.45) is 0 Å². The smallest absolute Gasteiger partial charge is 0.435 e. The predicted molar refractivity (Wildman–Crippen MR) is 122 cm³/mol. The minimum absolute atomic E-state index is 0.0134. The van der Waals surface area contributed by atoms with Crippen molar-refractivity contribution in [2.45, 2.75) is 13.1 Å². The van der Waals surface area contributed by atoms with Crippen molar-refractivity contribution in [3.8, 4) is 22.6 Å². The largest absolute Gasteiger partial charge is 0.497 e. The van der Waals surface area contributed by atoms with E-state index < -0.39 is 17.8 Å². The highest BCUT2D eigenvalue weighted by Crippen LogP contribution is 2.43. The van der Waals surface area contributed by atoms with E-state index in [2.05, 4.69) is 10.4 Å². The molecule has 0 bridgehead atoms. The SMILES string of the molecule is COc1ccc(Nc2c(-c3ccccc3)c(C(F)(F)F)nn2-c2ccccc2C)c(C(=O)O)c1. The average Bonchev–Trinajstić information content (AvgIpc) is 3.19. The molecule has 1 heterocycles. The summed E-state index contributed by atoms with van der Waals surface area (Å²) in [7, 11) is 1.39. The van der Waals surface area contributed by atoms with E-state index >= 15 is 0 Å². The second-order valence-electron chi connectivity index (χ2n) is 7.48. The molecule has 3 aromatic carbocycles. The molecule has 9 heteroatoms. The Kier molecular flexibility index (Phi) is 6.02. The summed E-state index contributed by atoms with van der Waals surface area (Å²) in [6.07, 6.45) is -4.76. The number of para-hydroxylation sites is 1. The molecule has 0 saturated carbocycles. The van der Waals surface area contributed by atoms with Crippen LogP contribution in [0.4, 0.5) is 24.7 Å². The first kappa shape index (κ1) is 22.9. The van der Waals surface area contributed by atoms with E-state index in [4.69, 9.17) is 4.74 Å². The molecule has 0 atom stereocenters. The van der Waals surface area contributed by atoms with E-state index in [1.807, 2.05) is 0 Å². The lowest BCUT2D eigenvalue weighted by atomic mass is 10.0. The van der Waals surface area contributed by atoms with Crippen LogP contribution in [0.5, 0.6) is 5.75 Å². The third kappa shape index (κ3) is 4.32. The first-order valence-corrected chi connectivity index (χ1v) is 10.2. The van der Waals surface area contributed by atoms with Gasteiger partial charge in [0.2, 0.25) is 0 Å². The van der Waals surface area contributed by atoms with E-state index in [1.54, 1.807) is 61.5 Å². The number of aromatic carboxylic acids is 1. The highest BCUT2D eigenvalue weighted by atomic mass is 19.4. The van der Waals surface area contributed by atoms with Gasteiger partial charge in [0.25, 0.3) is 0 Å². The van der Waals surface area contributed by atoms with Crippen molar-refractivity contribution in [1.82, 2.24) is 9.78 Å². The second kappa shape index (κ2) is 8.93. The molecular weight excluding hydrogens is 447 g/mol. The fraction of sp³-hybridized carbons (Fsp3) is 0.120. The van der Waals surface area contributed by atoms with Crippen LogP contribution in [0.1, 0.15) is 21.6 Å². The quantitative estimate of drug-likeness (QED) is 0.347. The van der Waals surface area contributed by atoms with Gasteiger partial charge in [-0.15, -0.1) is 0 Å². The van der Waals surface area contributed by atoms with E-state index in [0.29, 0.717) is 17.0 Å². The van der Waals surface area contributed by atoms with E-state index in [9.17, 15) is 23.1 Å². The van der Waals surface area contributed by atoms with Crippen LogP contribution in [-0.4, -0.2) is 28.0 Å². The van der Waals surface area contributed by atoms with Gasteiger partial charge < -0.3 is 15.2 Å². The van der Waals surface area contributed by atoms with Gasteiger partial charge in [-0.25, -0.2) is 9.48 Å². The summed E-state index contributed by atoms with van der Waals surface area (Å²) in [5.41, 5.74) is 0.0388. The Morgan fingerprint density at radius 1 is 1.03 bits per heavy atom. The van der Waals surface area contributed by atoms with Crippen molar-refractivity contribution >= 4 is 17.5 Å². The number of aryl methyl sites for hydroxylation is 1. The molecule has 0 unspecified atom stereocenters. The molecule has 1 aromatic heterocycles. The van der Waals surface area contributed by atoms with E-state index in [0.717, 1.165) is 4.68 Å². The number of methoxy groups -OCH3 is 1. The van der Waals surface area contributed by atoms with Crippen molar-refractivity contribution in [1.29, 1.82) is 0 Å². The van der Waals surface area contributed by atoms with Gasteiger partial charge in [0.15, 0.2) is 5.69 Å². The summed E-state index contributed by atoms with van der Waals surface area (Å²) in [4.78, 5) is 11.9. The maximum atomic E-state index is 14.2. The Hall–Kier alpha value is -4.27. The van der Waals surface area contributed by atoms with Crippen LogP contribution >= 0.6 is 0 Å². The lowest BCUT2D eigenvalue weighted by molar-refractivity contribution is -0.140. The van der Waals surface area contributed by atoms with Crippen LogP contribution < -0.4 is 10.1 Å². The molecule has 0 aliphatic rings. The van der Waals surface area contributed by atoms with Crippen LogP contribution in [0.3, 0.4) is 0 Å². The van der Waals surface area contributed by atoms with E-state index in [1.165, 1.54) is 25.3 Å². The molecule has 4 aromatic rings. The number of nitrogens with zero attached hydrogens (tertiary/aromatic N) is 2. The summed E-state index contributed by atoms with van der Waals surface area (Å²) in [6, 6.07) is 19.2. The highest BCUT2D eigenvalue weighted by Gasteiger charge is 2.40. The molecule has 0 spiro atoms. The van der Waals surface area contributed by atoms with Crippen LogP contribution in [0.25, 0.3) is 16.8 Å². The molecule has 2 N–H and O–H groups in total. The van der Waals surface area contributed by atoms with Crippen molar-refractivity contribution < 1.29 is 27.8 Å². The molecule has 0 saturated heterocycles. The van der Waals surface area contributed by atoms with Crippen LogP contribution in [0.2, 0.25) is 0 Å². The Balaban J connectivity index is 2.04. The molecular formula is C25H20F3N3O3. The highest BCUT2D eigenvalue weighted by molar-refractivity contribution is 5.96. The summed E-state index contributed by atoms with van der Waals surface area (Å²) in [5, 5.41) is 16.6. The molecule has 4 rings (SSSR count). The van der Waals surface area contributed by atoms with Crippen molar-refractivity contribution in [3.05, 3.63) is 89.6 Å². The number of carbonyl (C=O) groups is 1. The van der Waals surface area contributed by atoms with Crippen molar-refractivity contribution in [3.63, 3.8) is 0 Å². The van der Waals surface area contributed by atoms with Gasteiger partial charge in [-0.1, -0.05) is 48.5 Å². The van der Waals surface area contributed by atoms with Gasteiger partial charge >= 0.3 is 12.1 Å². The number of hydrogen-bond donors (Lipinski definition) is 2. The minimum Gasteiger partial charge on any atom is -0.497 e. The number of alkyl halides is 3. The zero-order valence-electron chi connectivity index (χ0n) is 18.2. The standard InChI is InChI=1S/C25H20F3N3O3/c1-15-8-6-7-11-20(15)31-23(29-19-13-12-17(34-2)14-18(19)24(32)33)21(16-9-4-3-5-10-16)22(30-31)25(26,27)28/h3-14,29H,1-2H3,(H,32,33). The first-order chi connectivity index (χ1) is 16.2. The fourth-order valence-corrected chi connectivity index (χ4v) is 3.65.